The predicted octanol–water partition coefficient (Wildman–Crippen LogP) is 7.39. The summed E-state index contributed by atoms with van der Waals surface area (Å²) in [5.41, 5.74) is 3.70. The molecular formula is C73H121N2O30S2+. The Bertz CT molecular complexity index is 2830. The molecule has 0 amide bonds. The van der Waals surface area contributed by atoms with Crippen LogP contribution in [0.25, 0.3) is 0 Å². The lowest BCUT2D eigenvalue weighted by Gasteiger charge is -2.29. The first-order valence-electron chi connectivity index (χ1n) is 36.7. The summed E-state index contributed by atoms with van der Waals surface area (Å²) < 4.78 is 141. The number of likely N-dealkylation sites (N-methyl/N-ethyl adjacent to an activating group) is 1. The van der Waals surface area contributed by atoms with E-state index in [1.165, 1.54) is 12.1 Å². The number of benzene rings is 2. The highest BCUT2D eigenvalue weighted by Crippen LogP contribution is 2.51. The van der Waals surface area contributed by atoms with Crippen molar-refractivity contribution in [3.63, 3.8) is 0 Å². The van der Waals surface area contributed by atoms with Gasteiger partial charge in [-0.05, 0) is 88.4 Å². The van der Waals surface area contributed by atoms with Gasteiger partial charge in [0.1, 0.15) is 19.8 Å². The molecule has 0 bridgehead atoms. The maximum absolute atomic E-state index is 12.5. The van der Waals surface area contributed by atoms with Crippen molar-refractivity contribution in [3.05, 3.63) is 83.6 Å². The van der Waals surface area contributed by atoms with E-state index in [0.29, 0.717) is 267 Å². The van der Waals surface area contributed by atoms with Gasteiger partial charge in [0.05, 0.1) is 260 Å². The molecule has 0 spiro atoms. The van der Waals surface area contributed by atoms with Gasteiger partial charge in [-0.25, -0.2) is 24.8 Å². The van der Waals surface area contributed by atoms with Crippen LogP contribution in [-0.2, 0) is 140 Å². The Morgan fingerprint density at radius 1 is 0.477 bits per heavy atom. The number of methoxy groups -OCH3 is 2. The lowest BCUT2D eigenvalue weighted by Crippen LogP contribution is -2.33. The molecule has 614 valence electrons. The molecule has 2 unspecified atom stereocenters. The molecule has 32 nitrogen and oxygen atoms in total. The quantitative estimate of drug-likeness (QED) is 0.0110. The van der Waals surface area contributed by atoms with Gasteiger partial charge in [0, 0.05) is 73.0 Å². The van der Waals surface area contributed by atoms with Crippen LogP contribution in [0.4, 0.5) is 11.4 Å². The summed E-state index contributed by atoms with van der Waals surface area (Å²) in [6.45, 7) is 23.1. The molecule has 107 heavy (non-hydrogen) atoms. The highest BCUT2D eigenvalue weighted by molar-refractivity contribution is 7.94. The zero-order valence-corrected chi connectivity index (χ0v) is 65.1. The highest BCUT2D eigenvalue weighted by Gasteiger charge is 2.48. The third-order valence-corrected chi connectivity index (χ3v) is 17.9. The number of nitrogens with zero attached hydrogens (tertiary/aromatic N) is 2. The zero-order chi connectivity index (χ0) is 76.8. The molecule has 2 aliphatic rings. The van der Waals surface area contributed by atoms with Gasteiger partial charge in [0.2, 0.25) is 5.69 Å². The number of hydrogen-bond donors (Lipinski definition) is 3. The molecule has 0 radical (unpaired) electrons. The van der Waals surface area contributed by atoms with Crippen LogP contribution in [-0.4, -0.2) is 318 Å². The minimum absolute atomic E-state index is 0.0700. The molecule has 2 atom stereocenters. The summed E-state index contributed by atoms with van der Waals surface area (Å²) in [4.78, 5) is 36.6. The number of ether oxygens (including phenoxy) is 18. The average Bonchev–Trinajstić information content (AvgIpc) is 1.59. The normalized spacial score (nSPS) is 16.3. The van der Waals surface area contributed by atoms with Gasteiger partial charge in [-0.3, -0.25) is 9.35 Å². The molecular weight excluding hydrogens is 1450 g/mol. The van der Waals surface area contributed by atoms with Crippen molar-refractivity contribution in [1.82, 2.24) is 0 Å². The highest BCUT2D eigenvalue weighted by atomic mass is 32.2. The van der Waals surface area contributed by atoms with Crippen LogP contribution in [0.2, 0.25) is 0 Å². The number of carboxylic acid groups (broad SMARTS) is 1. The molecule has 2 aromatic rings. The zero-order valence-electron chi connectivity index (χ0n) is 63.5. The second-order valence-corrected chi connectivity index (χ2v) is 26.3. The van der Waals surface area contributed by atoms with Crippen molar-refractivity contribution in [3.8, 4) is 0 Å². The van der Waals surface area contributed by atoms with Crippen molar-refractivity contribution in [2.24, 2.45) is 0 Å². The Hall–Kier alpha value is -4.14. The Balaban J connectivity index is 1.21. The van der Waals surface area contributed by atoms with E-state index in [1.807, 2.05) is 62.4 Å². The summed E-state index contributed by atoms with van der Waals surface area (Å²) in [7, 11) is -1.27. The summed E-state index contributed by atoms with van der Waals surface area (Å²) >= 11 is 0.851. The summed E-state index contributed by atoms with van der Waals surface area (Å²) in [6.07, 6.45) is 12.7. The smallest absolute Gasteiger partial charge is 0.303 e. The predicted molar refractivity (Wildman–Crippen MR) is 393 cm³/mol. The van der Waals surface area contributed by atoms with Crippen LogP contribution in [0, 0.1) is 0 Å². The minimum atomic E-state index is -4.54. The number of carbonyl (C=O) groups is 1. The fraction of sp³-hybridized carbons (Fsp3) is 0.726. The number of aliphatic carboxylic acids is 1. The van der Waals surface area contributed by atoms with Crippen molar-refractivity contribution >= 4 is 45.2 Å². The molecule has 34 heteroatoms. The molecule has 2 aromatic carbocycles. The van der Waals surface area contributed by atoms with Gasteiger partial charge in [0.25, 0.3) is 10.1 Å². The molecule has 3 N–H and O–H groups in total. The largest absolute Gasteiger partial charge is 0.481 e. The Morgan fingerprint density at radius 3 is 1.25 bits per heavy atom. The van der Waals surface area contributed by atoms with Gasteiger partial charge in [-0.2, -0.15) is 13.0 Å². The molecule has 0 saturated heterocycles. The standard InChI is InChI=1S/C73H120N2O30S2/c1-6-74-67-19-17-64(107(79,80)81)62-66(67)73(3,21-24-101-103-60-58-99-56-54-97-52-50-95-48-46-93-44-42-91-40-38-89-36-34-87-32-30-85-28-26-83-5)69(74)13-9-7-10-14-70-72(2,65-61-63(106-105-104-78)16-18-68(65)75(70)22-12-8-11-15-71(76)77)20-23-100-102-59-57-98-55-53-96-51-49-94-47-45-92-43-41-90-39-37-88-35-33-86-31-29-84-27-25-82-4/h7,9-10,13-14,16-19,61-62H,6,8,11-12,15,20-60H2,1-5H3,(H2-,76,77,78,79,80,81)/p+1. The number of anilines is 1. The first-order valence-corrected chi connectivity index (χ1v) is 38.9. The topological polar surface area (TPSA) is 340 Å². The fourth-order valence-corrected chi connectivity index (χ4v) is 11.9. The molecule has 0 aliphatic carbocycles. The summed E-state index contributed by atoms with van der Waals surface area (Å²) in [5.74, 6) is -0.845. The molecule has 0 saturated carbocycles. The van der Waals surface area contributed by atoms with Crippen LogP contribution in [0.3, 0.4) is 0 Å². The van der Waals surface area contributed by atoms with Gasteiger partial charge < -0.3 is 95.3 Å². The Labute approximate surface area is 636 Å². The molecule has 4 rings (SSSR count). The van der Waals surface area contributed by atoms with Crippen molar-refractivity contribution in [2.45, 2.75) is 79.9 Å². The molecule has 0 fully saturated rings. The average molecular weight is 1570 g/mol. The van der Waals surface area contributed by atoms with E-state index in [-0.39, 0.29) is 51.0 Å². The molecule has 2 aliphatic heterocycles. The van der Waals surface area contributed by atoms with Crippen LogP contribution < -0.4 is 4.90 Å². The summed E-state index contributed by atoms with van der Waals surface area (Å²) in [5, 5.41) is 22.4. The van der Waals surface area contributed by atoms with E-state index in [2.05, 4.69) is 21.4 Å². The first-order chi connectivity index (χ1) is 52.3. The number of unbranched alkanes of at least 4 members (excludes halogenated alkanes) is 2. The van der Waals surface area contributed by atoms with E-state index in [0.717, 1.165) is 40.4 Å². The fourth-order valence-electron chi connectivity index (χ4n) is 11.0. The van der Waals surface area contributed by atoms with Gasteiger partial charge in [0.15, 0.2) is 5.71 Å². The van der Waals surface area contributed by atoms with E-state index in [1.54, 1.807) is 20.3 Å². The van der Waals surface area contributed by atoms with Crippen molar-refractivity contribution < 1.29 is 147 Å². The third kappa shape index (κ3) is 41.8. The summed E-state index contributed by atoms with van der Waals surface area (Å²) in [6, 6.07) is 10.4. The minimum Gasteiger partial charge on any atom is -0.481 e. The Morgan fingerprint density at radius 2 is 0.869 bits per heavy atom. The monoisotopic (exact) mass is 1570 g/mol. The van der Waals surface area contributed by atoms with Gasteiger partial charge in [-0.15, -0.1) is 4.33 Å². The van der Waals surface area contributed by atoms with E-state index < -0.39 is 26.9 Å². The van der Waals surface area contributed by atoms with Gasteiger partial charge >= 0.3 is 5.97 Å². The first kappa shape index (κ1) is 95.2. The maximum Gasteiger partial charge on any atom is 0.303 e. The number of carboxylic acids is 1. The van der Waals surface area contributed by atoms with Crippen LogP contribution in [0.15, 0.2) is 82.3 Å². The maximum atomic E-state index is 12.5. The molecule has 0 aromatic heterocycles. The SMILES string of the molecule is CCN1C(=CC=CC=CC2=[N+](CCCCCC(=O)O)c3ccc(SOOO)cc3C2(C)CCOOCCOCCOCCOCCOCCOCCOCCOCCOCCOC)C(C)(CCOOCCOCCOCCOCCOCCOCCOCCOCCOCCOC)c2cc(S(=O)(=O)O)ccc21. The second kappa shape index (κ2) is 62.4. The molecule has 2 heterocycles. The van der Waals surface area contributed by atoms with Gasteiger partial charge in [-0.1, -0.05) is 23.3 Å². The van der Waals surface area contributed by atoms with Crippen molar-refractivity contribution in [1.29, 1.82) is 0 Å². The van der Waals surface area contributed by atoms with Crippen molar-refractivity contribution in [2.75, 3.05) is 283 Å². The Kier molecular flexibility index (Phi) is 55.5. The number of allylic oxidation sites excluding steroid dienone is 6. The van der Waals surface area contributed by atoms with Crippen LogP contribution in [0.5, 0.6) is 0 Å². The van der Waals surface area contributed by atoms with Crippen LogP contribution >= 0.6 is 12.0 Å². The number of fused-ring (bicyclic) bond motifs is 2. The van der Waals surface area contributed by atoms with E-state index >= 15 is 0 Å². The lowest BCUT2D eigenvalue weighted by atomic mass is 9.76. The number of rotatable bonds is 76. The second-order valence-electron chi connectivity index (χ2n) is 24.1. The van der Waals surface area contributed by atoms with E-state index in [9.17, 15) is 22.9 Å². The number of hydrogen-bond acceptors (Lipinski definition) is 30. The third-order valence-electron chi connectivity index (χ3n) is 16.4. The lowest BCUT2D eigenvalue weighted by molar-refractivity contribution is -0.438. The van der Waals surface area contributed by atoms with E-state index in [4.69, 9.17) is 114 Å². The van der Waals surface area contributed by atoms with Crippen LogP contribution in [0.1, 0.15) is 70.4 Å².